The molecule has 0 bridgehead atoms. The number of aryl methyl sites for hydroxylation is 2. The van der Waals surface area contributed by atoms with Gasteiger partial charge in [-0.2, -0.15) is 5.10 Å². The van der Waals surface area contributed by atoms with Gasteiger partial charge in [0.2, 0.25) is 0 Å². The van der Waals surface area contributed by atoms with Gasteiger partial charge in [0, 0.05) is 32.2 Å². The van der Waals surface area contributed by atoms with E-state index >= 15 is 0 Å². The molecule has 1 aromatic rings. The minimum atomic E-state index is -0.0916. The van der Waals surface area contributed by atoms with Crippen LogP contribution in [-0.2, 0) is 11.3 Å². The monoisotopic (exact) mass is 462 g/mol. The highest BCUT2D eigenvalue weighted by Gasteiger charge is 2.58. The molecule has 3 rings (SSSR count). The molecule has 2 N–H and O–H groups in total. The number of nitrogens with one attached hydrogen (secondary N) is 2. The van der Waals surface area contributed by atoms with Gasteiger partial charge < -0.3 is 15.4 Å². The molecule has 1 fully saturated rings. The van der Waals surface area contributed by atoms with Gasteiger partial charge in [-0.3, -0.25) is 4.99 Å². The van der Waals surface area contributed by atoms with Gasteiger partial charge in [0.1, 0.15) is 11.6 Å². The molecule has 1 aromatic heterocycles. The Morgan fingerprint density at radius 3 is 2.64 bits per heavy atom. The van der Waals surface area contributed by atoms with Crippen LogP contribution in [-0.4, -0.2) is 46.5 Å². The molecule has 0 radical (unpaired) electrons. The van der Waals surface area contributed by atoms with Gasteiger partial charge in [-0.15, -0.1) is 24.0 Å². The maximum absolute atomic E-state index is 5.71. The fourth-order valence-electron chi connectivity index (χ4n) is 3.83. The maximum atomic E-state index is 5.71. The largest absolute Gasteiger partial charge is 0.378 e. The number of ether oxygens (including phenoxy) is 1. The minimum Gasteiger partial charge on any atom is -0.378 e. The molecule has 2 heterocycles. The zero-order valence-corrected chi connectivity index (χ0v) is 18.4. The molecule has 8 heteroatoms. The van der Waals surface area contributed by atoms with Crippen LogP contribution in [0, 0.1) is 12.3 Å². The molecular weight excluding hydrogens is 431 g/mol. The van der Waals surface area contributed by atoms with Crippen LogP contribution >= 0.6 is 24.0 Å². The highest BCUT2D eigenvalue weighted by Crippen LogP contribution is 2.51. The number of hydrogen-bond donors (Lipinski definition) is 2. The quantitative estimate of drug-likeness (QED) is 0.410. The molecule has 1 aliphatic heterocycles. The Bertz CT molecular complexity index is 643. The zero-order chi connectivity index (χ0) is 17.5. The van der Waals surface area contributed by atoms with Crippen molar-refractivity contribution < 1.29 is 4.74 Å². The summed E-state index contributed by atoms with van der Waals surface area (Å²) in [5.41, 5.74) is -0.0474. The zero-order valence-electron chi connectivity index (χ0n) is 16.1. The van der Waals surface area contributed by atoms with Crippen molar-refractivity contribution in [2.45, 2.75) is 71.2 Å². The van der Waals surface area contributed by atoms with Gasteiger partial charge in [-0.1, -0.05) is 13.8 Å². The average Bonchev–Trinajstić information content (AvgIpc) is 2.94. The summed E-state index contributed by atoms with van der Waals surface area (Å²) in [4.78, 5) is 9.00. The van der Waals surface area contributed by atoms with Crippen molar-refractivity contribution >= 4 is 29.9 Å². The first kappa shape index (κ1) is 20.4. The van der Waals surface area contributed by atoms with Crippen molar-refractivity contribution in [3.05, 3.63) is 11.6 Å². The molecule has 0 aromatic carbocycles. The minimum absolute atomic E-state index is 0. The highest BCUT2D eigenvalue weighted by atomic mass is 127. The van der Waals surface area contributed by atoms with Crippen molar-refractivity contribution in [1.82, 2.24) is 25.4 Å². The lowest BCUT2D eigenvalue weighted by Crippen LogP contribution is -2.69. The first-order valence-corrected chi connectivity index (χ1v) is 8.77. The van der Waals surface area contributed by atoms with Gasteiger partial charge in [0.25, 0.3) is 0 Å². The Morgan fingerprint density at radius 2 is 2.04 bits per heavy atom. The number of rotatable bonds is 3. The van der Waals surface area contributed by atoms with Gasteiger partial charge in [0.15, 0.2) is 5.96 Å². The smallest absolute Gasteiger partial charge is 0.191 e. The molecule has 3 atom stereocenters. The van der Waals surface area contributed by atoms with Crippen LogP contribution < -0.4 is 10.6 Å². The predicted octanol–water partition coefficient (Wildman–Crippen LogP) is 2.41. The normalized spacial score (nSPS) is 30.7. The number of fused-ring (bicyclic) bond motifs is 1. The second-order valence-electron chi connectivity index (χ2n) is 7.71. The molecule has 0 saturated heterocycles. The Balaban J connectivity index is 0.00000225. The fourth-order valence-corrected chi connectivity index (χ4v) is 3.83. The molecule has 7 nitrogen and oxygen atoms in total. The van der Waals surface area contributed by atoms with Crippen LogP contribution in [0.1, 0.15) is 57.7 Å². The van der Waals surface area contributed by atoms with Crippen LogP contribution in [0.2, 0.25) is 0 Å². The second kappa shape index (κ2) is 7.38. The summed E-state index contributed by atoms with van der Waals surface area (Å²) in [6.45, 7) is 9.55. The van der Waals surface area contributed by atoms with E-state index in [0.717, 1.165) is 43.4 Å². The van der Waals surface area contributed by atoms with Crippen LogP contribution in [0.15, 0.2) is 4.99 Å². The molecule has 1 saturated carbocycles. The first-order chi connectivity index (χ1) is 11.3. The van der Waals surface area contributed by atoms with E-state index in [9.17, 15) is 0 Å². The van der Waals surface area contributed by atoms with Crippen molar-refractivity contribution in [3.8, 4) is 0 Å². The van der Waals surface area contributed by atoms with Crippen molar-refractivity contribution in [2.75, 3.05) is 14.2 Å². The summed E-state index contributed by atoms with van der Waals surface area (Å²) in [6.07, 6.45) is 3.11. The summed E-state index contributed by atoms with van der Waals surface area (Å²) in [5, 5.41) is 11.6. The highest BCUT2D eigenvalue weighted by molar-refractivity contribution is 14.0. The summed E-state index contributed by atoms with van der Waals surface area (Å²) in [6, 6.07) is 0.486. The molecule has 1 aliphatic carbocycles. The number of nitrogens with zero attached hydrogens (tertiary/aromatic N) is 4. The van der Waals surface area contributed by atoms with Gasteiger partial charge in [-0.25, -0.2) is 9.67 Å². The first-order valence-electron chi connectivity index (χ1n) is 8.77. The number of aliphatic imine (C=N–C) groups is 1. The lowest BCUT2D eigenvalue weighted by molar-refractivity contribution is -0.176. The van der Waals surface area contributed by atoms with Crippen LogP contribution in [0.3, 0.4) is 0 Å². The Labute approximate surface area is 167 Å². The summed E-state index contributed by atoms with van der Waals surface area (Å²) < 4.78 is 7.72. The van der Waals surface area contributed by atoms with Crippen molar-refractivity contribution in [1.29, 1.82) is 0 Å². The van der Waals surface area contributed by atoms with E-state index in [2.05, 4.69) is 46.5 Å². The van der Waals surface area contributed by atoms with Crippen LogP contribution in [0.4, 0.5) is 0 Å². The molecule has 142 valence electrons. The number of methoxy groups -OCH3 is 1. The standard InChI is InChI=1S/C17H30N6O.HI/c1-11-19-14-12(8-7-9-23(14)22-11)20-15(18-5)21-13-10-17(4,24-6)16(13,2)3;/h12-13H,7-10H2,1-6H3,(H2,18,20,21);1H. The molecule has 0 amide bonds. The van der Waals surface area contributed by atoms with E-state index in [4.69, 9.17) is 4.74 Å². The van der Waals surface area contributed by atoms with E-state index < -0.39 is 0 Å². The van der Waals surface area contributed by atoms with E-state index in [0.29, 0.717) is 6.04 Å². The predicted molar refractivity (Wildman–Crippen MR) is 109 cm³/mol. The Morgan fingerprint density at radius 1 is 1.32 bits per heavy atom. The molecule has 2 aliphatic rings. The van der Waals surface area contributed by atoms with Gasteiger partial charge in [0.05, 0.1) is 11.6 Å². The molecular formula is C17H31IN6O. The van der Waals surface area contributed by atoms with Crippen LogP contribution in [0.25, 0.3) is 0 Å². The lowest BCUT2D eigenvalue weighted by atomic mass is 9.56. The van der Waals surface area contributed by atoms with E-state index in [-0.39, 0.29) is 41.0 Å². The lowest BCUT2D eigenvalue weighted by Gasteiger charge is -2.59. The maximum Gasteiger partial charge on any atom is 0.191 e. The molecule has 25 heavy (non-hydrogen) atoms. The van der Waals surface area contributed by atoms with Crippen LogP contribution in [0.5, 0.6) is 0 Å². The summed E-state index contributed by atoms with van der Waals surface area (Å²) in [7, 11) is 3.61. The number of guanidine groups is 1. The molecule has 0 spiro atoms. The van der Waals surface area contributed by atoms with E-state index in [1.807, 2.05) is 18.7 Å². The van der Waals surface area contributed by atoms with E-state index in [1.54, 1.807) is 7.11 Å². The summed E-state index contributed by atoms with van der Waals surface area (Å²) in [5.74, 6) is 2.67. The van der Waals surface area contributed by atoms with Crippen molar-refractivity contribution in [3.63, 3.8) is 0 Å². The number of aromatic nitrogens is 3. The third-order valence-electron chi connectivity index (χ3n) is 6.10. The third kappa shape index (κ3) is 3.51. The fraction of sp³-hybridized carbons (Fsp3) is 0.824. The van der Waals surface area contributed by atoms with Crippen molar-refractivity contribution in [2.24, 2.45) is 10.4 Å². The second-order valence-corrected chi connectivity index (χ2v) is 7.71. The SMILES string of the molecule is CN=C(NC1CCCn2nc(C)nc21)NC1CC(C)(OC)C1(C)C.I. The van der Waals surface area contributed by atoms with Gasteiger partial charge >= 0.3 is 0 Å². The number of hydrogen-bond acceptors (Lipinski definition) is 4. The third-order valence-corrected chi connectivity index (χ3v) is 6.10. The Kier molecular flexibility index (Phi) is 6.03. The average molecular weight is 462 g/mol. The summed E-state index contributed by atoms with van der Waals surface area (Å²) >= 11 is 0. The Hall–Kier alpha value is -0.900. The topological polar surface area (TPSA) is 76.4 Å². The van der Waals surface area contributed by atoms with E-state index in [1.165, 1.54) is 0 Å². The molecule has 3 unspecified atom stereocenters. The number of halogens is 1. The van der Waals surface area contributed by atoms with Gasteiger partial charge in [-0.05, 0) is 33.1 Å².